The Kier molecular flexibility index (Phi) is 3.16. The molecule has 0 unspecified atom stereocenters. The first-order chi connectivity index (χ1) is 6.86. The maximum atomic E-state index is 5.52. The molecule has 2 heterocycles. The lowest BCUT2D eigenvalue weighted by atomic mass is 10.2. The second-order valence-corrected chi connectivity index (χ2v) is 3.71. The highest BCUT2D eigenvalue weighted by atomic mass is 16.5. The van der Waals surface area contributed by atoms with Crippen molar-refractivity contribution in [3.63, 3.8) is 0 Å². The Morgan fingerprint density at radius 3 is 3.29 bits per heavy atom. The molecule has 1 saturated heterocycles. The third-order valence-electron chi connectivity index (χ3n) is 2.62. The summed E-state index contributed by atoms with van der Waals surface area (Å²) in [5.74, 6) is 0. The molecule has 4 nitrogen and oxygen atoms in total. The molecule has 1 fully saturated rings. The van der Waals surface area contributed by atoms with E-state index >= 15 is 0 Å². The zero-order valence-corrected chi connectivity index (χ0v) is 8.57. The van der Waals surface area contributed by atoms with E-state index in [1.54, 1.807) is 0 Å². The van der Waals surface area contributed by atoms with Crippen molar-refractivity contribution in [2.75, 3.05) is 13.2 Å². The lowest BCUT2D eigenvalue weighted by Gasteiger charge is -2.10. The molecular weight excluding hydrogens is 178 g/mol. The zero-order valence-electron chi connectivity index (χ0n) is 8.57. The number of aryl methyl sites for hydroxylation is 1. The lowest BCUT2D eigenvalue weighted by Crippen LogP contribution is -2.26. The predicted octanol–water partition coefficient (Wildman–Crippen LogP) is 0.689. The van der Waals surface area contributed by atoms with Gasteiger partial charge in [-0.3, -0.25) is 4.68 Å². The molecular formula is C10H17N3O. The number of nitrogens with one attached hydrogen (secondary N) is 1. The van der Waals surface area contributed by atoms with Crippen LogP contribution in [-0.4, -0.2) is 29.0 Å². The highest BCUT2D eigenvalue weighted by molar-refractivity contribution is 4.99. The summed E-state index contributed by atoms with van der Waals surface area (Å²) < 4.78 is 7.41. The Morgan fingerprint density at radius 2 is 2.64 bits per heavy atom. The quantitative estimate of drug-likeness (QED) is 0.768. The molecule has 0 bridgehead atoms. The molecule has 0 radical (unpaired) electrons. The van der Waals surface area contributed by atoms with Crippen LogP contribution in [0, 0.1) is 0 Å². The number of nitrogens with zero attached hydrogens (tertiary/aromatic N) is 2. The van der Waals surface area contributed by atoms with Crippen LogP contribution in [0.5, 0.6) is 0 Å². The average molecular weight is 195 g/mol. The van der Waals surface area contributed by atoms with E-state index in [0.29, 0.717) is 6.10 Å². The summed E-state index contributed by atoms with van der Waals surface area (Å²) in [4.78, 5) is 0. The van der Waals surface area contributed by atoms with Crippen LogP contribution in [0.25, 0.3) is 0 Å². The van der Waals surface area contributed by atoms with Crippen molar-refractivity contribution >= 4 is 0 Å². The van der Waals surface area contributed by atoms with Gasteiger partial charge < -0.3 is 10.1 Å². The second-order valence-electron chi connectivity index (χ2n) is 3.71. The van der Waals surface area contributed by atoms with Crippen molar-refractivity contribution in [1.29, 1.82) is 0 Å². The fourth-order valence-electron chi connectivity index (χ4n) is 1.74. The topological polar surface area (TPSA) is 39.1 Å². The van der Waals surface area contributed by atoms with Crippen molar-refractivity contribution in [3.8, 4) is 0 Å². The largest absolute Gasteiger partial charge is 0.377 e. The molecule has 1 aliphatic rings. The predicted molar refractivity (Wildman–Crippen MR) is 53.9 cm³/mol. The molecule has 14 heavy (non-hydrogen) atoms. The Balaban J connectivity index is 1.70. The van der Waals surface area contributed by atoms with Crippen molar-refractivity contribution in [2.24, 2.45) is 7.05 Å². The van der Waals surface area contributed by atoms with Crippen LogP contribution in [-0.2, 0) is 18.3 Å². The monoisotopic (exact) mass is 195 g/mol. The van der Waals surface area contributed by atoms with Gasteiger partial charge in [0, 0.05) is 32.9 Å². The molecule has 0 amide bonds. The third-order valence-corrected chi connectivity index (χ3v) is 2.62. The normalized spacial score (nSPS) is 21.6. The van der Waals surface area contributed by atoms with Crippen LogP contribution in [0.2, 0.25) is 0 Å². The molecule has 0 saturated carbocycles. The summed E-state index contributed by atoms with van der Waals surface area (Å²) in [7, 11) is 1.96. The lowest BCUT2D eigenvalue weighted by molar-refractivity contribution is 0.110. The van der Waals surface area contributed by atoms with E-state index in [0.717, 1.165) is 19.7 Å². The molecule has 0 aliphatic carbocycles. The third kappa shape index (κ3) is 2.33. The van der Waals surface area contributed by atoms with E-state index in [2.05, 4.69) is 10.4 Å². The maximum Gasteiger partial charge on any atom is 0.0700 e. The number of rotatable bonds is 4. The van der Waals surface area contributed by atoms with Crippen LogP contribution < -0.4 is 5.32 Å². The molecule has 78 valence electrons. The average Bonchev–Trinajstić information content (AvgIpc) is 2.78. The van der Waals surface area contributed by atoms with Crippen molar-refractivity contribution in [2.45, 2.75) is 25.5 Å². The fraction of sp³-hybridized carbons (Fsp3) is 0.700. The highest BCUT2D eigenvalue weighted by Gasteiger charge is 2.14. The molecule has 1 aromatic heterocycles. The van der Waals surface area contributed by atoms with Gasteiger partial charge >= 0.3 is 0 Å². The molecule has 1 aliphatic heterocycles. The molecule has 1 atom stereocenters. The molecule has 0 aromatic carbocycles. The van der Waals surface area contributed by atoms with Gasteiger partial charge in [0.1, 0.15) is 0 Å². The number of ether oxygens (including phenoxy) is 1. The molecule has 1 N–H and O–H groups in total. The number of aromatic nitrogens is 2. The minimum Gasteiger partial charge on any atom is -0.377 e. The standard InChI is InChI=1S/C10H17N3O/c1-13-9(4-5-12-13)7-11-8-10-3-2-6-14-10/h4-5,10-11H,2-3,6-8H2,1H3/t10-/m0/s1. The summed E-state index contributed by atoms with van der Waals surface area (Å²) in [6, 6.07) is 2.03. The Bertz CT molecular complexity index is 279. The van der Waals surface area contributed by atoms with E-state index in [9.17, 15) is 0 Å². The minimum atomic E-state index is 0.420. The van der Waals surface area contributed by atoms with E-state index in [1.807, 2.05) is 24.0 Å². The first-order valence-electron chi connectivity index (χ1n) is 5.15. The van der Waals surface area contributed by atoms with Gasteiger partial charge in [-0.1, -0.05) is 0 Å². The van der Waals surface area contributed by atoms with Gasteiger partial charge in [-0.05, 0) is 18.9 Å². The Hall–Kier alpha value is -0.870. The van der Waals surface area contributed by atoms with Crippen molar-refractivity contribution in [3.05, 3.63) is 18.0 Å². The minimum absolute atomic E-state index is 0.420. The van der Waals surface area contributed by atoms with E-state index in [4.69, 9.17) is 4.74 Å². The van der Waals surface area contributed by atoms with Crippen molar-refractivity contribution in [1.82, 2.24) is 15.1 Å². The molecule has 0 spiro atoms. The smallest absolute Gasteiger partial charge is 0.0700 e. The van der Waals surface area contributed by atoms with Crippen molar-refractivity contribution < 1.29 is 4.74 Å². The summed E-state index contributed by atoms with van der Waals surface area (Å²) >= 11 is 0. The highest BCUT2D eigenvalue weighted by Crippen LogP contribution is 2.10. The zero-order chi connectivity index (χ0) is 9.80. The van der Waals surface area contributed by atoms with Gasteiger partial charge in [0.15, 0.2) is 0 Å². The van der Waals surface area contributed by atoms with E-state index < -0.39 is 0 Å². The van der Waals surface area contributed by atoms with Gasteiger partial charge in [-0.2, -0.15) is 5.10 Å². The van der Waals surface area contributed by atoms with Crippen LogP contribution >= 0.6 is 0 Å². The first-order valence-corrected chi connectivity index (χ1v) is 5.15. The Morgan fingerprint density at radius 1 is 1.71 bits per heavy atom. The summed E-state index contributed by atoms with van der Waals surface area (Å²) in [6.07, 6.45) is 4.64. The van der Waals surface area contributed by atoms with Crippen LogP contribution in [0.1, 0.15) is 18.5 Å². The summed E-state index contributed by atoms with van der Waals surface area (Å²) in [5, 5.41) is 7.50. The Labute approximate surface area is 84.3 Å². The van der Waals surface area contributed by atoms with Gasteiger partial charge in [-0.25, -0.2) is 0 Å². The molecule has 1 aromatic rings. The van der Waals surface area contributed by atoms with E-state index in [-0.39, 0.29) is 0 Å². The number of hydrogen-bond acceptors (Lipinski definition) is 3. The maximum absolute atomic E-state index is 5.52. The molecule has 4 heteroatoms. The van der Waals surface area contributed by atoms with Crippen LogP contribution in [0.4, 0.5) is 0 Å². The van der Waals surface area contributed by atoms with Gasteiger partial charge in [-0.15, -0.1) is 0 Å². The second kappa shape index (κ2) is 4.57. The van der Waals surface area contributed by atoms with Gasteiger partial charge in [0.05, 0.1) is 11.8 Å². The van der Waals surface area contributed by atoms with E-state index in [1.165, 1.54) is 18.5 Å². The van der Waals surface area contributed by atoms with Gasteiger partial charge in [0.2, 0.25) is 0 Å². The van der Waals surface area contributed by atoms with Crippen LogP contribution in [0.3, 0.4) is 0 Å². The number of hydrogen-bond donors (Lipinski definition) is 1. The van der Waals surface area contributed by atoms with Gasteiger partial charge in [0.25, 0.3) is 0 Å². The molecule has 2 rings (SSSR count). The van der Waals surface area contributed by atoms with Crippen LogP contribution in [0.15, 0.2) is 12.3 Å². The fourth-order valence-corrected chi connectivity index (χ4v) is 1.74. The first kappa shape index (κ1) is 9.68. The summed E-state index contributed by atoms with van der Waals surface area (Å²) in [6.45, 7) is 2.75. The summed E-state index contributed by atoms with van der Waals surface area (Å²) in [5.41, 5.74) is 1.21. The SMILES string of the molecule is Cn1nccc1CNC[C@@H]1CCCO1.